The van der Waals surface area contributed by atoms with Crippen LogP contribution in [-0.2, 0) is 14.4 Å². The van der Waals surface area contributed by atoms with Gasteiger partial charge in [-0.1, -0.05) is 6.92 Å². The van der Waals surface area contributed by atoms with Gasteiger partial charge in [0.2, 0.25) is 0 Å². The Labute approximate surface area is 182 Å². The number of hydrogen-bond acceptors (Lipinski definition) is 6. The average molecular weight is 463 g/mol. The molecule has 31 heavy (non-hydrogen) atoms. The lowest BCUT2D eigenvalue weighted by Gasteiger charge is -2.24. The molecule has 0 atom stereocenters. The highest BCUT2D eigenvalue weighted by atomic mass is 32.2. The Balaban J connectivity index is 1.86. The molecule has 2 rings (SSSR count). The summed E-state index contributed by atoms with van der Waals surface area (Å²) < 4.78 is 54.2. The number of thioether (sulfide) groups is 1. The Kier molecular flexibility index (Phi) is 9.36. The van der Waals surface area contributed by atoms with Gasteiger partial charge in [0.1, 0.15) is 5.75 Å². The van der Waals surface area contributed by atoms with Gasteiger partial charge in [-0.2, -0.15) is 17.6 Å². The molecule has 1 N–H and O–H groups in total. The van der Waals surface area contributed by atoms with Crippen molar-refractivity contribution in [1.82, 2.24) is 5.48 Å². The van der Waals surface area contributed by atoms with E-state index in [4.69, 9.17) is 4.84 Å². The van der Waals surface area contributed by atoms with Crippen LogP contribution in [0.15, 0.2) is 40.4 Å². The zero-order valence-electron chi connectivity index (χ0n) is 17.3. The third kappa shape index (κ3) is 7.24. The quantitative estimate of drug-likeness (QED) is 0.161. The first kappa shape index (κ1) is 25.2. The fourth-order valence-electron chi connectivity index (χ4n) is 3.11. The number of hydrogen-bond donors (Lipinski definition) is 1. The van der Waals surface area contributed by atoms with E-state index >= 15 is 0 Å². The molecule has 1 aromatic rings. The molecule has 0 aromatic heterocycles. The second kappa shape index (κ2) is 11.5. The van der Waals surface area contributed by atoms with Gasteiger partial charge in [0.05, 0.1) is 17.9 Å². The first-order valence-corrected chi connectivity index (χ1v) is 10.9. The molecule has 1 aliphatic carbocycles. The third-order valence-corrected chi connectivity index (χ3v) is 5.67. The van der Waals surface area contributed by atoms with E-state index in [0.717, 1.165) is 4.90 Å². The molecular formula is C21H25F4NO4S. The Morgan fingerprint density at radius 2 is 1.77 bits per heavy atom. The van der Waals surface area contributed by atoms with E-state index in [-0.39, 0.29) is 41.6 Å². The van der Waals surface area contributed by atoms with E-state index in [1.165, 1.54) is 36.0 Å². The van der Waals surface area contributed by atoms with Crippen LogP contribution in [-0.4, -0.2) is 36.5 Å². The first-order chi connectivity index (χ1) is 14.7. The van der Waals surface area contributed by atoms with Gasteiger partial charge in [-0.15, -0.1) is 11.8 Å². The summed E-state index contributed by atoms with van der Waals surface area (Å²) in [6, 6.07) is 5.38. The van der Waals surface area contributed by atoms with Crippen LogP contribution < -0.4 is 10.2 Å². The van der Waals surface area contributed by atoms with Gasteiger partial charge in [0.25, 0.3) is 0 Å². The van der Waals surface area contributed by atoms with Crippen molar-refractivity contribution in [2.24, 2.45) is 5.92 Å². The normalized spacial score (nSPS) is 17.3. The molecule has 0 spiro atoms. The molecule has 10 heteroatoms. The molecule has 0 radical (unpaired) electrons. The monoisotopic (exact) mass is 463 g/mol. The second-order valence-corrected chi connectivity index (χ2v) is 8.10. The molecule has 1 aromatic carbocycles. The lowest BCUT2D eigenvalue weighted by molar-refractivity contribution is -0.253. The van der Waals surface area contributed by atoms with Gasteiger partial charge in [0.15, 0.2) is 11.6 Å². The van der Waals surface area contributed by atoms with Crippen molar-refractivity contribution >= 4 is 23.3 Å². The largest absolute Gasteiger partial charge is 0.461 e. The third-order valence-electron chi connectivity index (χ3n) is 4.63. The zero-order chi connectivity index (χ0) is 23.0. The number of carbonyl (C=O) groups excluding carboxylic acids is 2. The Hall–Kier alpha value is -2.07. The summed E-state index contributed by atoms with van der Waals surface area (Å²) >= 11 is 1.41. The highest BCUT2D eigenvalue weighted by Gasteiger charge is 2.43. The number of halogens is 4. The summed E-state index contributed by atoms with van der Waals surface area (Å²) in [5.41, 5.74) is 3.38. The van der Waals surface area contributed by atoms with E-state index in [9.17, 15) is 27.2 Å². The van der Waals surface area contributed by atoms with Crippen LogP contribution in [0.3, 0.4) is 0 Å². The molecule has 1 aliphatic rings. The maximum Gasteiger partial charge on any atom is 0.461 e. The van der Waals surface area contributed by atoms with Crippen molar-refractivity contribution in [2.75, 3.05) is 12.4 Å². The van der Waals surface area contributed by atoms with Crippen molar-refractivity contribution in [3.05, 3.63) is 35.5 Å². The summed E-state index contributed by atoms with van der Waals surface area (Å²) in [5.74, 6) is -0.220. The predicted molar refractivity (Wildman–Crippen MR) is 108 cm³/mol. The van der Waals surface area contributed by atoms with Crippen molar-refractivity contribution < 1.29 is 36.7 Å². The van der Waals surface area contributed by atoms with Crippen LogP contribution in [0.5, 0.6) is 5.75 Å². The average Bonchev–Trinajstić information content (AvgIpc) is 2.71. The molecule has 1 fully saturated rings. The predicted octanol–water partition coefficient (Wildman–Crippen LogP) is 5.16. The lowest BCUT2D eigenvalue weighted by atomic mass is 9.81. The van der Waals surface area contributed by atoms with Crippen molar-refractivity contribution in [3.63, 3.8) is 0 Å². The van der Waals surface area contributed by atoms with Crippen LogP contribution in [0.2, 0.25) is 0 Å². The number of hydroxylamine groups is 1. The van der Waals surface area contributed by atoms with Crippen molar-refractivity contribution in [2.45, 2.75) is 57.0 Å². The van der Waals surface area contributed by atoms with E-state index in [1.807, 2.05) is 6.92 Å². The van der Waals surface area contributed by atoms with Crippen LogP contribution in [0.25, 0.3) is 0 Å². The van der Waals surface area contributed by atoms with Crippen LogP contribution in [0.1, 0.15) is 39.5 Å². The summed E-state index contributed by atoms with van der Waals surface area (Å²) in [4.78, 5) is 30.9. The minimum absolute atomic E-state index is 0.0752. The van der Waals surface area contributed by atoms with E-state index in [2.05, 4.69) is 10.2 Å². The fraction of sp³-hybridized carbons (Fsp3) is 0.524. The van der Waals surface area contributed by atoms with Gasteiger partial charge < -0.3 is 4.74 Å². The molecule has 1 saturated carbocycles. The summed E-state index contributed by atoms with van der Waals surface area (Å²) in [5, 5.41) is 0. The van der Waals surface area contributed by atoms with Gasteiger partial charge >= 0.3 is 12.5 Å². The summed E-state index contributed by atoms with van der Waals surface area (Å²) in [7, 11) is 0. The number of Topliss-reactive ketones (excluding diaryl/α,β-unsaturated/α-hetero) is 2. The number of carbonyl (C=O) groups is 2. The minimum Gasteiger partial charge on any atom is -0.428 e. The van der Waals surface area contributed by atoms with E-state index < -0.39 is 12.5 Å². The Morgan fingerprint density at radius 3 is 2.29 bits per heavy atom. The van der Waals surface area contributed by atoms with Gasteiger partial charge in [-0.05, 0) is 55.7 Å². The SMILES string of the molecule is CCONC(CC)=C1C(=O)CC(CCSc2ccc(OC(F)(F)C(F)F)cc2)CC1=O. The number of benzene rings is 1. The van der Waals surface area contributed by atoms with Gasteiger partial charge in [-0.25, -0.2) is 0 Å². The van der Waals surface area contributed by atoms with Gasteiger partial charge in [-0.3, -0.25) is 19.9 Å². The molecule has 172 valence electrons. The standard InChI is InChI=1S/C21H25F4NO4S/c1-3-16(26-29-4-2)19-17(27)11-13(12-18(19)28)9-10-31-15-7-5-14(6-8-15)30-21(24,25)20(22)23/h5-8,13,20,26H,3-4,9-12H2,1-2H3. The highest BCUT2D eigenvalue weighted by molar-refractivity contribution is 7.99. The van der Waals surface area contributed by atoms with E-state index in [0.29, 0.717) is 30.9 Å². The van der Waals surface area contributed by atoms with Crippen LogP contribution >= 0.6 is 11.8 Å². The van der Waals surface area contributed by atoms with Crippen LogP contribution in [0, 0.1) is 5.92 Å². The molecule has 0 amide bonds. The molecule has 0 saturated heterocycles. The topological polar surface area (TPSA) is 64.6 Å². The number of nitrogens with one attached hydrogen (secondary N) is 1. The highest BCUT2D eigenvalue weighted by Crippen LogP contribution is 2.32. The number of allylic oxidation sites excluding steroid dienone is 2. The smallest absolute Gasteiger partial charge is 0.428 e. The Bertz CT molecular complexity index is 779. The minimum atomic E-state index is -4.54. The molecule has 0 aliphatic heterocycles. The molecule has 0 bridgehead atoms. The maximum absolute atomic E-state index is 12.9. The summed E-state index contributed by atoms with van der Waals surface area (Å²) in [6.45, 7) is 4.03. The lowest BCUT2D eigenvalue weighted by Crippen LogP contribution is -2.33. The van der Waals surface area contributed by atoms with E-state index in [1.54, 1.807) is 6.92 Å². The number of rotatable bonds is 11. The number of alkyl halides is 4. The Morgan fingerprint density at radius 1 is 1.16 bits per heavy atom. The molecular weight excluding hydrogens is 438 g/mol. The van der Waals surface area contributed by atoms with Gasteiger partial charge in [0, 0.05) is 17.7 Å². The first-order valence-electron chi connectivity index (χ1n) is 9.93. The number of ether oxygens (including phenoxy) is 1. The van der Waals surface area contributed by atoms with Crippen molar-refractivity contribution in [3.8, 4) is 5.75 Å². The maximum atomic E-state index is 12.9. The van der Waals surface area contributed by atoms with Crippen LogP contribution in [0.4, 0.5) is 17.6 Å². The van der Waals surface area contributed by atoms with Crippen molar-refractivity contribution in [1.29, 1.82) is 0 Å². The molecule has 0 unspecified atom stereocenters. The number of ketones is 2. The second-order valence-electron chi connectivity index (χ2n) is 6.94. The molecule has 0 heterocycles. The zero-order valence-corrected chi connectivity index (χ0v) is 18.1. The molecule has 5 nitrogen and oxygen atoms in total. The fourth-order valence-corrected chi connectivity index (χ4v) is 4.12. The summed E-state index contributed by atoms with van der Waals surface area (Å²) in [6.07, 6.45) is -6.81.